The van der Waals surface area contributed by atoms with Crippen LogP contribution in [-0.2, 0) is 11.3 Å². The summed E-state index contributed by atoms with van der Waals surface area (Å²) in [6, 6.07) is 18.1. The lowest BCUT2D eigenvalue weighted by atomic mass is 10.0. The van der Waals surface area contributed by atoms with Crippen LogP contribution in [0.15, 0.2) is 66.9 Å². The summed E-state index contributed by atoms with van der Waals surface area (Å²) in [5, 5.41) is 17.7. The number of nitro benzene ring substituents is 1. The Morgan fingerprint density at radius 2 is 1.76 bits per heavy atom. The van der Waals surface area contributed by atoms with Gasteiger partial charge >= 0.3 is 0 Å². The predicted molar refractivity (Wildman–Crippen MR) is 140 cm³/mol. The molecule has 1 saturated heterocycles. The van der Waals surface area contributed by atoms with Gasteiger partial charge in [-0.05, 0) is 61.1 Å². The zero-order valence-electron chi connectivity index (χ0n) is 20.4. The molecule has 2 aliphatic rings. The van der Waals surface area contributed by atoms with Crippen LogP contribution < -0.4 is 10.6 Å². The number of aromatic nitrogens is 1. The first-order valence-corrected chi connectivity index (χ1v) is 12.6. The van der Waals surface area contributed by atoms with Crippen molar-refractivity contribution < 1.29 is 14.5 Å². The van der Waals surface area contributed by atoms with Gasteiger partial charge in [-0.15, -0.1) is 0 Å². The molecule has 1 aliphatic carbocycles. The van der Waals surface area contributed by atoms with Crippen LogP contribution in [-0.4, -0.2) is 45.8 Å². The highest BCUT2D eigenvalue weighted by Gasteiger charge is 2.30. The van der Waals surface area contributed by atoms with E-state index in [9.17, 15) is 19.7 Å². The van der Waals surface area contributed by atoms with E-state index in [-0.39, 0.29) is 35.0 Å². The molecule has 5 rings (SSSR count). The first-order valence-electron chi connectivity index (χ1n) is 12.6. The van der Waals surface area contributed by atoms with Crippen molar-refractivity contribution in [3.8, 4) is 11.1 Å². The molecule has 1 saturated carbocycles. The smallest absolute Gasteiger partial charge is 0.277 e. The number of hydrogen-bond acceptors (Lipinski definition) is 6. The molecule has 0 spiro atoms. The monoisotopic (exact) mass is 499 g/mol. The van der Waals surface area contributed by atoms with E-state index < -0.39 is 4.92 Å². The minimum absolute atomic E-state index is 0.0219. The van der Waals surface area contributed by atoms with Gasteiger partial charge in [0.25, 0.3) is 11.6 Å². The number of carbonyl (C=O) groups is 2. The van der Waals surface area contributed by atoms with Gasteiger partial charge in [0.15, 0.2) is 0 Å². The maximum atomic E-state index is 12.9. The first kappa shape index (κ1) is 24.6. The molecule has 0 bridgehead atoms. The molecular formula is C28H29N5O4. The van der Waals surface area contributed by atoms with Gasteiger partial charge in [-0.2, -0.15) is 0 Å². The molecule has 2 amide bonds. The lowest BCUT2D eigenvalue weighted by molar-refractivity contribution is -0.384. The van der Waals surface area contributed by atoms with Gasteiger partial charge in [0.05, 0.1) is 10.5 Å². The van der Waals surface area contributed by atoms with Gasteiger partial charge in [-0.25, -0.2) is 4.98 Å². The number of nitrogens with zero attached hydrogens (tertiary/aromatic N) is 3. The highest BCUT2D eigenvalue weighted by molar-refractivity contribution is 5.97. The molecule has 2 aromatic carbocycles. The van der Waals surface area contributed by atoms with Crippen LogP contribution in [0.3, 0.4) is 0 Å². The maximum Gasteiger partial charge on any atom is 0.277 e. The molecule has 2 N–H and O–H groups in total. The van der Waals surface area contributed by atoms with Crippen LogP contribution in [0.5, 0.6) is 0 Å². The summed E-state index contributed by atoms with van der Waals surface area (Å²) in [6.45, 7) is 2.64. The van der Waals surface area contributed by atoms with E-state index in [0.717, 1.165) is 45.3 Å². The molecule has 2 heterocycles. The van der Waals surface area contributed by atoms with Crippen molar-refractivity contribution in [2.45, 2.75) is 38.3 Å². The molecule has 0 unspecified atom stereocenters. The number of hydrogen-bond donors (Lipinski definition) is 2. The quantitative estimate of drug-likeness (QED) is 0.350. The van der Waals surface area contributed by atoms with E-state index >= 15 is 0 Å². The van der Waals surface area contributed by atoms with Gasteiger partial charge in [-0.1, -0.05) is 30.3 Å². The van der Waals surface area contributed by atoms with Gasteiger partial charge in [0.1, 0.15) is 5.82 Å². The van der Waals surface area contributed by atoms with Gasteiger partial charge in [-0.3, -0.25) is 24.6 Å². The van der Waals surface area contributed by atoms with Crippen molar-refractivity contribution in [1.82, 2.24) is 15.2 Å². The standard InChI is InChI=1S/C28H29N5O4/c34-27(20-6-7-20)31-26-17-21(10-13-29-26)24-9-8-22(16-25(24)33(36)37)28(35)30-23-11-14-32(15-12-23)18-19-4-2-1-3-5-19/h1-5,8-10,13,16-17,20,23H,6-7,11-12,14-15,18H2,(H,30,35)(H,29,31,34). The van der Waals surface area contributed by atoms with E-state index in [0.29, 0.717) is 16.9 Å². The van der Waals surface area contributed by atoms with E-state index in [1.807, 2.05) is 18.2 Å². The Labute approximate surface area is 215 Å². The van der Waals surface area contributed by atoms with Crippen molar-refractivity contribution in [3.05, 3.63) is 88.1 Å². The third kappa shape index (κ3) is 6.18. The largest absolute Gasteiger partial charge is 0.349 e. The molecule has 9 nitrogen and oxygen atoms in total. The fourth-order valence-electron chi connectivity index (χ4n) is 4.65. The third-order valence-electron chi connectivity index (χ3n) is 6.90. The van der Waals surface area contributed by atoms with Crippen LogP contribution in [0.4, 0.5) is 11.5 Å². The number of nitrogens with one attached hydrogen (secondary N) is 2. The zero-order chi connectivity index (χ0) is 25.8. The number of piperidine rings is 1. The average Bonchev–Trinajstić information content (AvgIpc) is 3.76. The molecule has 1 aromatic heterocycles. The Hall–Kier alpha value is -4.11. The molecule has 0 atom stereocenters. The SMILES string of the molecule is O=C(NC1CCN(Cc2ccccc2)CC1)c1ccc(-c2ccnc(NC(=O)C3CC3)c2)c([N+](=O)[O-])c1. The summed E-state index contributed by atoms with van der Waals surface area (Å²) in [5.41, 5.74) is 2.25. The lowest BCUT2D eigenvalue weighted by Crippen LogP contribution is -2.44. The number of amides is 2. The minimum Gasteiger partial charge on any atom is -0.349 e. The molecule has 2 fully saturated rings. The Morgan fingerprint density at radius 1 is 1.00 bits per heavy atom. The highest BCUT2D eigenvalue weighted by Crippen LogP contribution is 2.33. The van der Waals surface area contributed by atoms with Gasteiger partial charge < -0.3 is 10.6 Å². The van der Waals surface area contributed by atoms with E-state index in [1.165, 1.54) is 17.8 Å². The van der Waals surface area contributed by atoms with Crippen molar-refractivity contribution >= 4 is 23.3 Å². The van der Waals surface area contributed by atoms with Crippen LogP contribution in [0.1, 0.15) is 41.6 Å². The number of rotatable bonds is 8. The van der Waals surface area contributed by atoms with Crippen molar-refractivity contribution in [2.24, 2.45) is 5.92 Å². The fourth-order valence-corrected chi connectivity index (χ4v) is 4.65. The number of likely N-dealkylation sites (tertiary alicyclic amines) is 1. The second-order valence-corrected chi connectivity index (χ2v) is 9.69. The number of carbonyl (C=O) groups excluding carboxylic acids is 2. The third-order valence-corrected chi connectivity index (χ3v) is 6.90. The Kier molecular flexibility index (Phi) is 7.23. The molecule has 0 radical (unpaired) electrons. The Morgan fingerprint density at radius 3 is 2.46 bits per heavy atom. The summed E-state index contributed by atoms with van der Waals surface area (Å²) >= 11 is 0. The number of anilines is 1. The second kappa shape index (κ2) is 10.9. The summed E-state index contributed by atoms with van der Waals surface area (Å²) in [7, 11) is 0. The maximum absolute atomic E-state index is 12.9. The van der Waals surface area contributed by atoms with Crippen molar-refractivity contribution in [3.63, 3.8) is 0 Å². The average molecular weight is 500 g/mol. The van der Waals surface area contributed by atoms with E-state index in [2.05, 4.69) is 32.7 Å². The van der Waals surface area contributed by atoms with Crippen LogP contribution in [0.25, 0.3) is 11.1 Å². The first-order chi connectivity index (χ1) is 18.0. The summed E-state index contributed by atoms with van der Waals surface area (Å²) in [4.78, 5) is 43.0. The summed E-state index contributed by atoms with van der Waals surface area (Å²) in [5.74, 6) is -0.0295. The van der Waals surface area contributed by atoms with E-state index in [1.54, 1.807) is 24.3 Å². The number of nitro groups is 1. The fraction of sp³-hybridized carbons (Fsp3) is 0.321. The van der Waals surface area contributed by atoms with Crippen molar-refractivity contribution in [2.75, 3.05) is 18.4 Å². The lowest BCUT2D eigenvalue weighted by Gasteiger charge is -2.32. The molecular weight excluding hydrogens is 470 g/mol. The van der Waals surface area contributed by atoms with Gasteiger partial charge in [0, 0.05) is 49.4 Å². The van der Waals surface area contributed by atoms with Crippen molar-refractivity contribution in [1.29, 1.82) is 0 Å². The normalized spacial score (nSPS) is 16.2. The molecule has 1 aliphatic heterocycles. The Balaban J connectivity index is 1.23. The molecule has 3 aromatic rings. The molecule has 37 heavy (non-hydrogen) atoms. The zero-order valence-corrected chi connectivity index (χ0v) is 20.4. The second-order valence-electron chi connectivity index (χ2n) is 9.69. The molecule has 190 valence electrons. The highest BCUT2D eigenvalue weighted by atomic mass is 16.6. The van der Waals surface area contributed by atoms with Crippen LogP contribution >= 0.6 is 0 Å². The number of pyridine rings is 1. The minimum atomic E-state index is -0.489. The van der Waals surface area contributed by atoms with Gasteiger partial charge in [0.2, 0.25) is 5.91 Å². The summed E-state index contributed by atoms with van der Waals surface area (Å²) in [6.07, 6.45) is 4.89. The van der Waals surface area contributed by atoms with Crippen LogP contribution in [0, 0.1) is 16.0 Å². The number of benzene rings is 2. The predicted octanol–water partition coefficient (Wildman–Crippen LogP) is 4.40. The summed E-state index contributed by atoms with van der Waals surface area (Å²) < 4.78 is 0. The molecule has 9 heteroatoms. The van der Waals surface area contributed by atoms with E-state index in [4.69, 9.17) is 0 Å². The Bertz CT molecular complexity index is 1300. The topological polar surface area (TPSA) is 117 Å². The van der Waals surface area contributed by atoms with Crippen LogP contribution in [0.2, 0.25) is 0 Å².